The number of pyridine rings is 1. The van der Waals surface area contributed by atoms with Crippen LogP contribution in [-0.4, -0.2) is 54.0 Å². The van der Waals surface area contributed by atoms with E-state index in [1.165, 1.54) is 6.20 Å². The summed E-state index contributed by atoms with van der Waals surface area (Å²) in [5.41, 5.74) is 1.02. The van der Waals surface area contributed by atoms with Gasteiger partial charge in [-0.25, -0.2) is 4.79 Å². The second-order valence-electron chi connectivity index (χ2n) is 8.59. The van der Waals surface area contributed by atoms with Crippen molar-refractivity contribution in [2.75, 3.05) is 26.2 Å². The second-order valence-corrected chi connectivity index (χ2v) is 8.59. The third-order valence-corrected chi connectivity index (χ3v) is 6.23. The summed E-state index contributed by atoms with van der Waals surface area (Å²) in [6.07, 6.45) is 4.66. The molecule has 2 aromatic carbocycles. The van der Waals surface area contributed by atoms with Crippen LogP contribution in [-0.2, 0) is 0 Å². The van der Waals surface area contributed by atoms with Crippen LogP contribution in [0.25, 0.3) is 0 Å². The van der Waals surface area contributed by atoms with Crippen LogP contribution in [0.1, 0.15) is 33.6 Å². The highest BCUT2D eigenvalue weighted by Crippen LogP contribution is 2.31. The first kappa shape index (κ1) is 22.1. The molecule has 1 saturated heterocycles. The number of carbonyl (C=O) groups excluding carboxylic acids is 2. The van der Waals surface area contributed by atoms with Crippen molar-refractivity contribution in [1.29, 1.82) is 0 Å². The Morgan fingerprint density at radius 3 is 2.44 bits per heavy atom. The topological polar surface area (TPSA) is 78.0 Å². The molecule has 5 rings (SSSR count). The van der Waals surface area contributed by atoms with Crippen molar-refractivity contribution in [3.8, 4) is 17.2 Å². The van der Waals surface area contributed by atoms with Gasteiger partial charge in [-0.15, -0.1) is 0 Å². The Kier molecular flexibility index (Phi) is 6.53. The summed E-state index contributed by atoms with van der Waals surface area (Å²) >= 11 is 0. The number of nitrogens with zero attached hydrogens (tertiary/aromatic N) is 2. The van der Waals surface area contributed by atoms with Gasteiger partial charge in [0.1, 0.15) is 18.5 Å². The van der Waals surface area contributed by atoms with Crippen LogP contribution in [0.3, 0.4) is 0 Å². The molecule has 0 amide bonds. The SMILES string of the molecule is O=C(Oc1ccc(C(=O)C2CCN(CC3COc4ccccc4O3)CC2)cc1)c1cccnc1. The molecule has 0 radical (unpaired) electrons. The number of hydrogen-bond acceptors (Lipinski definition) is 7. The summed E-state index contributed by atoms with van der Waals surface area (Å²) < 4.78 is 17.3. The number of aromatic nitrogens is 1. The number of Topliss-reactive ketones (excluding diaryl/α,β-unsaturated/α-hetero) is 1. The Morgan fingerprint density at radius 2 is 1.71 bits per heavy atom. The van der Waals surface area contributed by atoms with Gasteiger partial charge in [-0.1, -0.05) is 12.1 Å². The number of ether oxygens (including phenoxy) is 3. The summed E-state index contributed by atoms with van der Waals surface area (Å²) in [7, 11) is 0. The fourth-order valence-corrected chi connectivity index (χ4v) is 4.39. The van der Waals surface area contributed by atoms with Crippen LogP contribution >= 0.6 is 0 Å². The van der Waals surface area contributed by atoms with Gasteiger partial charge in [-0.05, 0) is 74.5 Å². The van der Waals surface area contributed by atoms with Gasteiger partial charge < -0.3 is 14.2 Å². The predicted octanol–water partition coefficient (Wildman–Crippen LogP) is 4.04. The van der Waals surface area contributed by atoms with Gasteiger partial charge in [0, 0.05) is 30.4 Å². The number of para-hydroxylation sites is 2. The van der Waals surface area contributed by atoms with Crippen LogP contribution in [0.2, 0.25) is 0 Å². The van der Waals surface area contributed by atoms with Gasteiger partial charge in [0.2, 0.25) is 0 Å². The van der Waals surface area contributed by atoms with E-state index in [-0.39, 0.29) is 17.8 Å². The van der Waals surface area contributed by atoms with E-state index >= 15 is 0 Å². The highest BCUT2D eigenvalue weighted by atomic mass is 16.6. The van der Waals surface area contributed by atoms with E-state index in [2.05, 4.69) is 9.88 Å². The van der Waals surface area contributed by atoms with Crippen molar-refractivity contribution < 1.29 is 23.8 Å². The molecule has 2 aliphatic rings. The van der Waals surface area contributed by atoms with Crippen molar-refractivity contribution in [2.45, 2.75) is 18.9 Å². The summed E-state index contributed by atoms with van der Waals surface area (Å²) in [4.78, 5) is 31.4. The van der Waals surface area contributed by atoms with E-state index in [1.54, 1.807) is 42.6 Å². The third-order valence-electron chi connectivity index (χ3n) is 6.23. The molecule has 2 aliphatic heterocycles. The Bertz CT molecular complexity index is 1140. The average molecular weight is 459 g/mol. The highest BCUT2D eigenvalue weighted by Gasteiger charge is 2.29. The summed E-state index contributed by atoms with van der Waals surface area (Å²) in [5, 5.41) is 0. The van der Waals surface area contributed by atoms with Crippen molar-refractivity contribution >= 4 is 11.8 Å². The molecule has 0 N–H and O–H groups in total. The molecular formula is C27H26N2O5. The van der Waals surface area contributed by atoms with Gasteiger partial charge >= 0.3 is 5.97 Å². The molecule has 7 nitrogen and oxygen atoms in total. The minimum absolute atomic E-state index is 0.00991. The number of fused-ring (bicyclic) bond motifs is 1. The van der Waals surface area contributed by atoms with Crippen molar-refractivity contribution in [3.63, 3.8) is 0 Å². The van der Waals surface area contributed by atoms with Gasteiger partial charge in [-0.3, -0.25) is 14.7 Å². The van der Waals surface area contributed by atoms with E-state index < -0.39 is 5.97 Å². The predicted molar refractivity (Wildman–Crippen MR) is 125 cm³/mol. The monoisotopic (exact) mass is 458 g/mol. The smallest absolute Gasteiger partial charge is 0.345 e. The van der Waals surface area contributed by atoms with Gasteiger partial charge in [-0.2, -0.15) is 0 Å². The maximum Gasteiger partial charge on any atom is 0.345 e. The number of benzene rings is 2. The largest absolute Gasteiger partial charge is 0.486 e. The molecule has 0 aliphatic carbocycles. The number of likely N-dealkylation sites (tertiary alicyclic amines) is 1. The highest BCUT2D eigenvalue weighted by molar-refractivity contribution is 5.98. The number of rotatable bonds is 6. The lowest BCUT2D eigenvalue weighted by atomic mass is 9.89. The molecule has 1 aromatic heterocycles. The number of ketones is 1. The lowest BCUT2D eigenvalue weighted by molar-refractivity contribution is 0.0462. The maximum atomic E-state index is 13.0. The maximum absolute atomic E-state index is 13.0. The molecule has 174 valence electrons. The zero-order chi connectivity index (χ0) is 23.3. The fourth-order valence-electron chi connectivity index (χ4n) is 4.39. The van der Waals surface area contributed by atoms with E-state index in [0.717, 1.165) is 44.0 Å². The van der Waals surface area contributed by atoms with Crippen LogP contribution in [0, 0.1) is 5.92 Å². The summed E-state index contributed by atoms with van der Waals surface area (Å²) in [5.74, 6) is 1.63. The molecule has 3 heterocycles. The minimum Gasteiger partial charge on any atom is -0.486 e. The fraction of sp³-hybridized carbons (Fsp3) is 0.296. The van der Waals surface area contributed by atoms with Crippen LogP contribution in [0.5, 0.6) is 17.2 Å². The molecule has 0 spiro atoms. The zero-order valence-corrected chi connectivity index (χ0v) is 18.8. The van der Waals surface area contributed by atoms with Crippen LogP contribution in [0.15, 0.2) is 73.1 Å². The Balaban J connectivity index is 1.11. The Labute approximate surface area is 198 Å². The first-order valence-electron chi connectivity index (χ1n) is 11.5. The van der Waals surface area contributed by atoms with E-state index in [9.17, 15) is 9.59 Å². The molecule has 1 unspecified atom stereocenters. The van der Waals surface area contributed by atoms with E-state index in [0.29, 0.717) is 23.5 Å². The quantitative estimate of drug-likeness (QED) is 0.313. The average Bonchev–Trinajstić information content (AvgIpc) is 2.89. The first-order valence-corrected chi connectivity index (χ1v) is 11.5. The van der Waals surface area contributed by atoms with E-state index in [1.807, 2.05) is 24.3 Å². The summed E-state index contributed by atoms with van der Waals surface area (Å²) in [6.45, 7) is 3.01. The van der Waals surface area contributed by atoms with Crippen molar-refractivity contribution in [1.82, 2.24) is 9.88 Å². The number of piperidine rings is 1. The molecule has 1 fully saturated rings. The van der Waals surface area contributed by atoms with Crippen LogP contribution < -0.4 is 14.2 Å². The zero-order valence-electron chi connectivity index (χ0n) is 18.8. The van der Waals surface area contributed by atoms with Gasteiger partial charge in [0.15, 0.2) is 17.3 Å². The number of carbonyl (C=O) groups is 2. The normalized spacial score (nSPS) is 18.3. The van der Waals surface area contributed by atoms with Crippen molar-refractivity contribution in [2.24, 2.45) is 5.92 Å². The number of esters is 1. The first-order chi connectivity index (χ1) is 16.7. The molecule has 7 heteroatoms. The molecule has 1 atom stereocenters. The molecule has 0 saturated carbocycles. The lowest BCUT2D eigenvalue weighted by Crippen LogP contribution is -2.45. The molecule has 3 aromatic rings. The molecule has 0 bridgehead atoms. The van der Waals surface area contributed by atoms with Crippen LogP contribution in [0.4, 0.5) is 0 Å². The minimum atomic E-state index is -0.476. The lowest BCUT2D eigenvalue weighted by Gasteiger charge is -2.35. The van der Waals surface area contributed by atoms with Crippen molar-refractivity contribution in [3.05, 3.63) is 84.2 Å². The van der Waals surface area contributed by atoms with Gasteiger partial charge in [0.05, 0.1) is 5.56 Å². The molecule has 34 heavy (non-hydrogen) atoms. The Hall–Kier alpha value is -3.71. The summed E-state index contributed by atoms with van der Waals surface area (Å²) in [6, 6.07) is 17.8. The Morgan fingerprint density at radius 1 is 0.941 bits per heavy atom. The van der Waals surface area contributed by atoms with Gasteiger partial charge in [0.25, 0.3) is 0 Å². The van der Waals surface area contributed by atoms with E-state index in [4.69, 9.17) is 14.2 Å². The third kappa shape index (κ3) is 5.10. The molecular weight excluding hydrogens is 432 g/mol. The number of hydrogen-bond donors (Lipinski definition) is 0. The second kappa shape index (κ2) is 10.1. The standard InChI is InChI=1S/C27H26N2O5/c30-26(19-7-9-22(10-8-19)34-27(31)21-4-3-13-28-16-21)20-11-14-29(15-12-20)17-23-18-32-24-5-1-2-6-25(24)33-23/h1-10,13,16,20,23H,11-12,14-15,17-18H2.